The molecule has 0 bridgehead atoms. The average Bonchev–Trinajstić information content (AvgIpc) is 2.74. The second-order valence-electron chi connectivity index (χ2n) is 7.17. The Bertz CT molecular complexity index is 853. The van der Waals surface area contributed by atoms with Gasteiger partial charge in [0.15, 0.2) is 0 Å². The highest BCUT2D eigenvalue weighted by atomic mass is 16.7. The molecule has 1 aliphatic carbocycles. The second kappa shape index (κ2) is 8.77. The van der Waals surface area contributed by atoms with Crippen molar-refractivity contribution < 1.29 is 9.47 Å². The first-order chi connectivity index (χ1) is 13.4. The lowest BCUT2D eigenvalue weighted by atomic mass is 9.89. The van der Waals surface area contributed by atoms with Crippen LogP contribution in [-0.2, 0) is 25.7 Å². The van der Waals surface area contributed by atoms with E-state index in [1.165, 1.54) is 36.8 Å². The zero-order valence-corrected chi connectivity index (χ0v) is 15.7. The molecule has 0 saturated carbocycles. The van der Waals surface area contributed by atoms with Crippen LogP contribution < -0.4 is 9.47 Å². The fourth-order valence-electron chi connectivity index (χ4n) is 3.67. The van der Waals surface area contributed by atoms with Crippen molar-refractivity contribution in [2.75, 3.05) is 6.79 Å². The maximum atomic E-state index is 5.67. The summed E-state index contributed by atoms with van der Waals surface area (Å²) >= 11 is 0. The first kappa shape index (κ1) is 17.7. The molecule has 2 nitrogen and oxygen atoms in total. The predicted octanol–water partition coefficient (Wildman–Crippen LogP) is 5.77. The van der Waals surface area contributed by atoms with Gasteiger partial charge < -0.3 is 9.47 Å². The van der Waals surface area contributed by atoms with E-state index in [2.05, 4.69) is 30.3 Å². The predicted molar refractivity (Wildman–Crippen MR) is 109 cm³/mol. The molecule has 0 amide bonds. The Balaban J connectivity index is 1.26. The van der Waals surface area contributed by atoms with E-state index in [4.69, 9.17) is 9.47 Å². The molecule has 3 aromatic rings. The largest absolute Gasteiger partial charge is 0.458 e. The number of ether oxygens (including phenoxy) is 2. The standard InChI is InChI=1S/C25H26O2/c1-2-8-24(9-3-1)26-19-27-25-16-13-20(14-17-25)10-11-21-12-15-22-6-4-5-7-23(22)18-21/h1-3,8-9,12-18H,4-7,10-11,19H2. The summed E-state index contributed by atoms with van der Waals surface area (Å²) in [5, 5.41) is 0. The molecule has 0 unspecified atom stereocenters. The minimum Gasteiger partial charge on any atom is -0.458 e. The third-order valence-electron chi connectivity index (χ3n) is 5.23. The topological polar surface area (TPSA) is 18.5 Å². The van der Waals surface area contributed by atoms with E-state index in [0.29, 0.717) is 0 Å². The van der Waals surface area contributed by atoms with E-state index in [0.717, 1.165) is 24.3 Å². The van der Waals surface area contributed by atoms with Gasteiger partial charge in [-0.05, 0) is 85.0 Å². The molecular formula is C25H26O2. The van der Waals surface area contributed by atoms with Crippen LogP contribution in [0.1, 0.15) is 35.1 Å². The van der Waals surface area contributed by atoms with Crippen LogP contribution >= 0.6 is 0 Å². The van der Waals surface area contributed by atoms with Gasteiger partial charge in [0.25, 0.3) is 0 Å². The molecule has 0 fully saturated rings. The number of aryl methyl sites for hydroxylation is 4. The summed E-state index contributed by atoms with van der Waals surface area (Å²) in [7, 11) is 0. The highest BCUT2D eigenvalue weighted by Crippen LogP contribution is 2.23. The van der Waals surface area contributed by atoms with Gasteiger partial charge >= 0.3 is 0 Å². The van der Waals surface area contributed by atoms with Gasteiger partial charge in [0.2, 0.25) is 6.79 Å². The van der Waals surface area contributed by atoms with Gasteiger partial charge in [-0.15, -0.1) is 0 Å². The lowest BCUT2D eigenvalue weighted by Crippen LogP contribution is -2.05. The third-order valence-corrected chi connectivity index (χ3v) is 5.23. The fourth-order valence-corrected chi connectivity index (χ4v) is 3.67. The van der Waals surface area contributed by atoms with Crippen molar-refractivity contribution in [3.05, 3.63) is 95.1 Å². The Labute approximate surface area is 161 Å². The van der Waals surface area contributed by atoms with Crippen LogP contribution in [0, 0.1) is 0 Å². The summed E-state index contributed by atoms with van der Waals surface area (Å²) < 4.78 is 11.2. The van der Waals surface area contributed by atoms with Crippen LogP contribution in [0.25, 0.3) is 0 Å². The van der Waals surface area contributed by atoms with Crippen molar-refractivity contribution >= 4 is 0 Å². The van der Waals surface area contributed by atoms with Gasteiger partial charge in [0.05, 0.1) is 0 Å². The highest BCUT2D eigenvalue weighted by molar-refractivity contribution is 5.35. The minimum absolute atomic E-state index is 0.221. The van der Waals surface area contributed by atoms with Gasteiger partial charge in [-0.3, -0.25) is 0 Å². The van der Waals surface area contributed by atoms with Gasteiger partial charge in [-0.25, -0.2) is 0 Å². The van der Waals surface area contributed by atoms with Gasteiger partial charge in [-0.2, -0.15) is 0 Å². The maximum absolute atomic E-state index is 5.67. The summed E-state index contributed by atoms with van der Waals surface area (Å²) in [5.41, 5.74) is 5.92. The lowest BCUT2D eigenvalue weighted by Gasteiger charge is -2.16. The summed E-state index contributed by atoms with van der Waals surface area (Å²) in [4.78, 5) is 0. The van der Waals surface area contributed by atoms with Crippen molar-refractivity contribution in [2.45, 2.75) is 38.5 Å². The first-order valence-corrected chi connectivity index (χ1v) is 9.87. The molecule has 0 heterocycles. The molecule has 138 valence electrons. The second-order valence-corrected chi connectivity index (χ2v) is 7.17. The minimum atomic E-state index is 0.221. The van der Waals surface area contributed by atoms with E-state index < -0.39 is 0 Å². The molecule has 1 aliphatic rings. The van der Waals surface area contributed by atoms with Crippen molar-refractivity contribution in [1.82, 2.24) is 0 Å². The molecular weight excluding hydrogens is 332 g/mol. The maximum Gasteiger partial charge on any atom is 0.230 e. The zero-order chi connectivity index (χ0) is 18.3. The quantitative estimate of drug-likeness (QED) is 0.500. The molecule has 2 heteroatoms. The Morgan fingerprint density at radius 1 is 0.593 bits per heavy atom. The first-order valence-electron chi connectivity index (χ1n) is 9.87. The Hall–Kier alpha value is -2.74. The Morgan fingerprint density at radius 2 is 1.22 bits per heavy atom. The third kappa shape index (κ3) is 4.91. The summed E-state index contributed by atoms with van der Waals surface area (Å²) in [6.07, 6.45) is 7.33. The number of benzene rings is 3. The van der Waals surface area contributed by atoms with Crippen molar-refractivity contribution in [2.24, 2.45) is 0 Å². The van der Waals surface area contributed by atoms with Crippen LogP contribution in [0.4, 0.5) is 0 Å². The summed E-state index contributed by atoms with van der Waals surface area (Å²) in [5.74, 6) is 1.66. The van der Waals surface area contributed by atoms with Crippen LogP contribution in [-0.4, -0.2) is 6.79 Å². The molecule has 0 atom stereocenters. The number of hydrogen-bond acceptors (Lipinski definition) is 2. The number of hydrogen-bond donors (Lipinski definition) is 0. The average molecular weight is 358 g/mol. The molecule has 0 aromatic heterocycles. The zero-order valence-electron chi connectivity index (χ0n) is 15.7. The molecule has 0 N–H and O–H groups in total. The van der Waals surface area contributed by atoms with E-state index in [1.807, 2.05) is 42.5 Å². The molecule has 3 aromatic carbocycles. The van der Waals surface area contributed by atoms with Gasteiger partial charge in [0.1, 0.15) is 11.5 Å². The van der Waals surface area contributed by atoms with Crippen molar-refractivity contribution in [3.8, 4) is 11.5 Å². The van der Waals surface area contributed by atoms with Crippen LogP contribution in [0.3, 0.4) is 0 Å². The molecule has 27 heavy (non-hydrogen) atoms. The number of rotatable bonds is 7. The lowest BCUT2D eigenvalue weighted by molar-refractivity contribution is 0.120. The van der Waals surface area contributed by atoms with Crippen LogP contribution in [0.2, 0.25) is 0 Å². The van der Waals surface area contributed by atoms with E-state index in [-0.39, 0.29) is 6.79 Å². The molecule has 0 aliphatic heterocycles. The molecule has 0 saturated heterocycles. The number of para-hydroxylation sites is 1. The van der Waals surface area contributed by atoms with Gasteiger partial charge in [-0.1, -0.05) is 48.5 Å². The molecule has 0 radical (unpaired) electrons. The Morgan fingerprint density at radius 3 is 2.00 bits per heavy atom. The SMILES string of the molecule is c1ccc(OCOc2ccc(CCc3ccc4c(c3)CCCC4)cc2)cc1. The van der Waals surface area contributed by atoms with Crippen molar-refractivity contribution in [3.63, 3.8) is 0 Å². The molecule has 0 spiro atoms. The van der Waals surface area contributed by atoms with Crippen LogP contribution in [0.15, 0.2) is 72.8 Å². The number of fused-ring (bicyclic) bond motifs is 1. The monoisotopic (exact) mass is 358 g/mol. The van der Waals surface area contributed by atoms with Crippen molar-refractivity contribution in [1.29, 1.82) is 0 Å². The van der Waals surface area contributed by atoms with E-state index >= 15 is 0 Å². The normalized spacial score (nSPS) is 13.0. The smallest absolute Gasteiger partial charge is 0.230 e. The Kier molecular flexibility index (Phi) is 5.73. The van der Waals surface area contributed by atoms with Gasteiger partial charge in [0, 0.05) is 0 Å². The van der Waals surface area contributed by atoms with Crippen LogP contribution in [0.5, 0.6) is 11.5 Å². The van der Waals surface area contributed by atoms with E-state index in [1.54, 1.807) is 11.1 Å². The summed E-state index contributed by atoms with van der Waals surface area (Å²) in [6, 6.07) is 25.1. The molecule has 4 rings (SSSR count). The van der Waals surface area contributed by atoms with E-state index in [9.17, 15) is 0 Å². The highest BCUT2D eigenvalue weighted by Gasteiger charge is 2.09. The summed E-state index contributed by atoms with van der Waals surface area (Å²) in [6.45, 7) is 0.221. The fraction of sp³-hybridized carbons (Fsp3) is 0.280.